The monoisotopic (exact) mass is 425 g/mol. The number of alkyl halides is 2. The van der Waals surface area contributed by atoms with Gasteiger partial charge in [0.1, 0.15) is 0 Å². The van der Waals surface area contributed by atoms with Crippen molar-refractivity contribution in [2.45, 2.75) is 30.0 Å². The van der Waals surface area contributed by atoms with E-state index in [9.17, 15) is 4.79 Å². The zero-order chi connectivity index (χ0) is 16.0. The molecule has 0 spiro atoms. The van der Waals surface area contributed by atoms with Crippen LogP contribution < -0.4 is 5.32 Å². The predicted molar refractivity (Wildman–Crippen MR) is 94.4 cm³/mol. The lowest BCUT2D eigenvalue weighted by atomic mass is 10.1. The summed E-state index contributed by atoms with van der Waals surface area (Å²) in [6.07, 6.45) is 4.31. The van der Waals surface area contributed by atoms with E-state index in [4.69, 9.17) is 0 Å². The highest BCUT2D eigenvalue weighted by molar-refractivity contribution is 9.25. The number of halogens is 2. The Morgan fingerprint density at radius 2 is 2.09 bits per heavy atom. The van der Waals surface area contributed by atoms with Gasteiger partial charge in [0, 0.05) is 6.20 Å². The average Bonchev–Trinajstić information content (AvgIpc) is 2.80. The fourth-order valence-electron chi connectivity index (χ4n) is 2.39. The van der Waals surface area contributed by atoms with Crippen LogP contribution >= 0.6 is 31.9 Å². The Morgan fingerprint density at radius 3 is 2.73 bits per heavy atom. The normalized spacial score (nSPS) is 22.4. The number of carbonyl (C=O) groups is 1. The molecule has 1 aliphatic carbocycles. The number of benzene rings is 1. The molecule has 2 aromatic rings. The summed E-state index contributed by atoms with van der Waals surface area (Å²) in [7, 11) is 0. The summed E-state index contributed by atoms with van der Waals surface area (Å²) in [5, 5.41) is 7.26. The molecule has 0 bridgehead atoms. The SMILES string of the molecule is Cc1ccccc1Cn1cc(NC(=O)[C@@]2(C)CC2(Br)Br)cn1. The smallest absolute Gasteiger partial charge is 0.232 e. The summed E-state index contributed by atoms with van der Waals surface area (Å²) in [5.41, 5.74) is 2.75. The Morgan fingerprint density at radius 1 is 1.41 bits per heavy atom. The van der Waals surface area contributed by atoms with E-state index in [1.54, 1.807) is 6.20 Å². The van der Waals surface area contributed by atoms with Crippen LogP contribution in [0.5, 0.6) is 0 Å². The number of aromatic nitrogens is 2. The molecule has 1 aromatic heterocycles. The number of hydrogen-bond donors (Lipinski definition) is 1. The van der Waals surface area contributed by atoms with Crippen molar-refractivity contribution >= 4 is 43.5 Å². The summed E-state index contributed by atoms with van der Waals surface area (Å²) in [6.45, 7) is 4.71. The molecule has 0 unspecified atom stereocenters. The van der Waals surface area contributed by atoms with Gasteiger partial charge in [0.05, 0.1) is 27.1 Å². The Bertz CT molecular complexity index is 726. The van der Waals surface area contributed by atoms with Gasteiger partial charge in [0.25, 0.3) is 0 Å². The number of nitrogens with zero attached hydrogens (tertiary/aromatic N) is 2. The van der Waals surface area contributed by atoms with Crippen LogP contribution in [0, 0.1) is 12.3 Å². The van der Waals surface area contributed by atoms with Gasteiger partial charge in [-0.05, 0) is 31.4 Å². The molecule has 0 radical (unpaired) electrons. The second kappa shape index (κ2) is 5.49. The molecular weight excluding hydrogens is 410 g/mol. The molecule has 1 aromatic carbocycles. The molecule has 1 fully saturated rings. The molecule has 3 rings (SSSR count). The Hall–Kier alpha value is -1.14. The van der Waals surface area contributed by atoms with E-state index in [-0.39, 0.29) is 9.14 Å². The number of rotatable bonds is 4. The number of carbonyl (C=O) groups excluding carboxylic acids is 1. The molecule has 1 saturated carbocycles. The minimum atomic E-state index is -0.425. The molecule has 0 saturated heterocycles. The highest BCUT2D eigenvalue weighted by Crippen LogP contribution is 2.66. The largest absolute Gasteiger partial charge is 0.323 e. The van der Waals surface area contributed by atoms with Crippen LogP contribution in [0.3, 0.4) is 0 Å². The van der Waals surface area contributed by atoms with Crippen molar-refractivity contribution in [3.05, 3.63) is 47.8 Å². The maximum absolute atomic E-state index is 12.3. The first kappa shape index (κ1) is 15.7. The topological polar surface area (TPSA) is 46.9 Å². The second-order valence-electron chi connectivity index (χ2n) is 6.02. The first-order valence-corrected chi connectivity index (χ1v) is 8.67. The van der Waals surface area contributed by atoms with Crippen LogP contribution in [0.1, 0.15) is 24.5 Å². The number of anilines is 1. The predicted octanol–water partition coefficient (Wildman–Crippen LogP) is 4.07. The quantitative estimate of drug-likeness (QED) is 0.749. The standard InChI is InChI=1S/C16H17Br2N3O/c1-11-5-3-4-6-12(11)8-21-9-13(7-19-21)20-14(22)15(2)10-16(15,17)18/h3-7,9H,8,10H2,1-2H3,(H,20,22)/t15-/m1/s1. The van der Waals surface area contributed by atoms with Gasteiger partial charge < -0.3 is 5.32 Å². The van der Waals surface area contributed by atoms with Gasteiger partial charge in [0.15, 0.2) is 0 Å². The summed E-state index contributed by atoms with van der Waals surface area (Å²) in [5.74, 6) is -0.00306. The Kier molecular flexibility index (Phi) is 3.93. The zero-order valence-electron chi connectivity index (χ0n) is 12.4. The van der Waals surface area contributed by atoms with Gasteiger partial charge in [-0.15, -0.1) is 0 Å². The highest BCUT2D eigenvalue weighted by atomic mass is 79.9. The van der Waals surface area contributed by atoms with Crippen molar-refractivity contribution < 1.29 is 4.79 Å². The second-order valence-corrected chi connectivity index (χ2v) is 9.79. The van der Waals surface area contributed by atoms with E-state index in [1.165, 1.54) is 11.1 Å². The van der Waals surface area contributed by atoms with Crippen molar-refractivity contribution in [3.8, 4) is 0 Å². The Labute approximate surface area is 146 Å². The first-order valence-electron chi connectivity index (χ1n) is 7.08. The molecule has 1 atom stereocenters. The van der Waals surface area contributed by atoms with Gasteiger partial charge in [-0.2, -0.15) is 5.10 Å². The van der Waals surface area contributed by atoms with Gasteiger partial charge in [0.2, 0.25) is 5.91 Å². The molecule has 4 nitrogen and oxygen atoms in total. The lowest BCUT2D eigenvalue weighted by Gasteiger charge is -2.11. The lowest BCUT2D eigenvalue weighted by Crippen LogP contribution is -2.25. The van der Waals surface area contributed by atoms with Crippen molar-refractivity contribution in [2.75, 3.05) is 5.32 Å². The number of aryl methyl sites for hydroxylation is 1. The summed E-state index contributed by atoms with van der Waals surface area (Å²) >= 11 is 7.03. The molecule has 1 amide bonds. The van der Waals surface area contributed by atoms with E-state index >= 15 is 0 Å². The maximum Gasteiger partial charge on any atom is 0.232 e. The molecule has 116 valence electrons. The first-order chi connectivity index (χ1) is 10.3. The van der Waals surface area contributed by atoms with E-state index in [2.05, 4.69) is 61.3 Å². The fourth-order valence-corrected chi connectivity index (χ4v) is 3.87. The summed E-state index contributed by atoms with van der Waals surface area (Å²) < 4.78 is 1.55. The van der Waals surface area contributed by atoms with Crippen LogP contribution in [-0.4, -0.2) is 18.9 Å². The Balaban J connectivity index is 1.67. The van der Waals surface area contributed by atoms with Gasteiger partial charge in [-0.25, -0.2) is 0 Å². The van der Waals surface area contributed by atoms with Gasteiger partial charge in [-0.1, -0.05) is 56.1 Å². The van der Waals surface area contributed by atoms with Crippen LogP contribution in [0.25, 0.3) is 0 Å². The number of hydrogen-bond acceptors (Lipinski definition) is 2. The molecule has 1 aliphatic rings. The molecular formula is C16H17Br2N3O. The average molecular weight is 427 g/mol. The van der Waals surface area contributed by atoms with Crippen LogP contribution in [0.4, 0.5) is 5.69 Å². The van der Waals surface area contributed by atoms with Gasteiger partial charge >= 0.3 is 0 Å². The third-order valence-corrected chi connectivity index (χ3v) is 6.55. The zero-order valence-corrected chi connectivity index (χ0v) is 15.6. The van der Waals surface area contributed by atoms with E-state index in [1.807, 2.05) is 29.9 Å². The highest BCUT2D eigenvalue weighted by Gasteiger charge is 2.66. The minimum Gasteiger partial charge on any atom is -0.323 e. The van der Waals surface area contributed by atoms with E-state index in [0.717, 1.165) is 12.1 Å². The van der Waals surface area contributed by atoms with Gasteiger partial charge in [-0.3, -0.25) is 9.48 Å². The van der Waals surface area contributed by atoms with Crippen molar-refractivity contribution in [1.82, 2.24) is 9.78 Å². The van der Waals surface area contributed by atoms with Crippen molar-refractivity contribution in [1.29, 1.82) is 0 Å². The van der Waals surface area contributed by atoms with Crippen molar-refractivity contribution in [2.24, 2.45) is 5.41 Å². The molecule has 6 heteroatoms. The van der Waals surface area contributed by atoms with Crippen molar-refractivity contribution in [3.63, 3.8) is 0 Å². The summed E-state index contributed by atoms with van der Waals surface area (Å²) in [4.78, 5) is 12.3. The molecule has 22 heavy (non-hydrogen) atoms. The number of nitrogens with one attached hydrogen (secondary N) is 1. The number of amides is 1. The van der Waals surface area contributed by atoms with E-state index < -0.39 is 5.41 Å². The van der Waals surface area contributed by atoms with E-state index in [0.29, 0.717) is 6.54 Å². The van der Waals surface area contributed by atoms with Crippen LogP contribution in [0.15, 0.2) is 36.7 Å². The molecule has 1 heterocycles. The maximum atomic E-state index is 12.3. The fraction of sp³-hybridized carbons (Fsp3) is 0.375. The molecule has 0 aliphatic heterocycles. The minimum absolute atomic E-state index is 0.00306. The third kappa shape index (κ3) is 2.86. The third-order valence-electron chi connectivity index (χ3n) is 4.24. The van der Waals surface area contributed by atoms with Crippen LogP contribution in [-0.2, 0) is 11.3 Å². The lowest BCUT2D eigenvalue weighted by molar-refractivity contribution is -0.120. The molecule has 1 N–H and O–H groups in total. The van der Waals surface area contributed by atoms with Crippen LogP contribution in [0.2, 0.25) is 0 Å². The summed E-state index contributed by atoms with van der Waals surface area (Å²) in [6, 6.07) is 8.22.